The van der Waals surface area contributed by atoms with Crippen molar-refractivity contribution in [2.45, 2.75) is 20.8 Å². The number of nitrogens with one attached hydrogen (secondary N) is 1. The van der Waals surface area contributed by atoms with Gasteiger partial charge >= 0.3 is 0 Å². The molecular formula is C17H21NO. The highest BCUT2D eigenvalue weighted by Gasteiger charge is 1.99. The summed E-state index contributed by atoms with van der Waals surface area (Å²) in [6.45, 7) is 7.72. The van der Waals surface area contributed by atoms with E-state index in [9.17, 15) is 0 Å². The van der Waals surface area contributed by atoms with Crippen LogP contribution in [0.4, 0.5) is 5.69 Å². The van der Waals surface area contributed by atoms with Crippen LogP contribution in [0.3, 0.4) is 0 Å². The van der Waals surface area contributed by atoms with E-state index in [1.54, 1.807) is 0 Å². The molecule has 0 heterocycles. The number of rotatable bonds is 5. The van der Waals surface area contributed by atoms with Crippen LogP contribution in [0.2, 0.25) is 0 Å². The van der Waals surface area contributed by atoms with Gasteiger partial charge in [-0.2, -0.15) is 0 Å². The number of hydrogen-bond donors (Lipinski definition) is 1. The van der Waals surface area contributed by atoms with Gasteiger partial charge in [-0.25, -0.2) is 0 Å². The summed E-state index contributed by atoms with van der Waals surface area (Å²) in [4.78, 5) is 0. The zero-order chi connectivity index (χ0) is 13.7. The van der Waals surface area contributed by atoms with Gasteiger partial charge in [-0.1, -0.05) is 24.3 Å². The molecule has 0 aromatic heterocycles. The maximum absolute atomic E-state index is 5.81. The van der Waals surface area contributed by atoms with Crippen molar-refractivity contribution in [1.82, 2.24) is 0 Å². The number of hydrogen-bond acceptors (Lipinski definition) is 2. The van der Waals surface area contributed by atoms with Crippen molar-refractivity contribution in [3.05, 3.63) is 59.2 Å². The fraction of sp³-hybridized carbons (Fsp3) is 0.294. The largest absolute Gasteiger partial charge is 0.491 e. The Morgan fingerprint density at radius 3 is 2.53 bits per heavy atom. The first-order chi connectivity index (χ1) is 9.15. The van der Waals surface area contributed by atoms with Crippen LogP contribution in [0.5, 0.6) is 5.75 Å². The molecular weight excluding hydrogens is 234 g/mol. The van der Waals surface area contributed by atoms with Gasteiger partial charge in [0.2, 0.25) is 0 Å². The molecule has 0 saturated carbocycles. The number of ether oxygens (including phenoxy) is 1. The quantitative estimate of drug-likeness (QED) is 0.812. The molecule has 0 atom stereocenters. The number of anilines is 1. The zero-order valence-electron chi connectivity index (χ0n) is 11.9. The second kappa shape index (κ2) is 6.28. The Labute approximate surface area is 115 Å². The Morgan fingerprint density at radius 2 is 1.74 bits per heavy atom. The minimum atomic E-state index is 0.665. The topological polar surface area (TPSA) is 21.3 Å². The normalized spacial score (nSPS) is 10.3. The molecule has 2 aromatic rings. The standard InChI is InChI=1S/C17H21NO/c1-13-5-4-6-16(11-13)18-9-10-19-17-12-14(2)7-8-15(17)3/h4-8,11-12,18H,9-10H2,1-3H3. The van der Waals surface area contributed by atoms with Crippen LogP contribution in [0.1, 0.15) is 16.7 Å². The van der Waals surface area contributed by atoms with E-state index in [1.807, 2.05) is 0 Å². The van der Waals surface area contributed by atoms with Crippen molar-refractivity contribution in [3.63, 3.8) is 0 Å². The van der Waals surface area contributed by atoms with Crippen molar-refractivity contribution in [3.8, 4) is 5.75 Å². The van der Waals surface area contributed by atoms with Crippen LogP contribution in [0, 0.1) is 20.8 Å². The minimum Gasteiger partial charge on any atom is -0.491 e. The van der Waals surface area contributed by atoms with Crippen molar-refractivity contribution < 1.29 is 4.74 Å². The number of aryl methyl sites for hydroxylation is 3. The Bertz CT molecular complexity index is 549. The molecule has 2 nitrogen and oxygen atoms in total. The van der Waals surface area contributed by atoms with E-state index in [1.165, 1.54) is 16.7 Å². The molecule has 0 aliphatic heterocycles. The summed E-state index contributed by atoms with van der Waals surface area (Å²) in [6.07, 6.45) is 0. The fourth-order valence-electron chi connectivity index (χ4n) is 1.97. The average Bonchev–Trinajstić information content (AvgIpc) is 2.39. The molecule has 100 valence electrons. The summed E-state index contributed by atoms with van der Waals surface area (Å²) in [5.74, 6) is 0.978. The van der Waals surface area contributed by atoms with Gasteiger partial charge in [-0.15, -0.1) is 0 Å². The second-order valence-corrected chi connectivity index (χ2v) is 4.91. The fourth-order valence-corrected chi connectivity index (χ4v) is 1.97. The van der Waals surface area contributed by atoms with Gasteiger partial charge in [0.25, 0.3) is 0 Å². The van der Waals surface area contributed by atoms with E-state index in [0.717, 1.165) is 18.0 Å². The summed E-state index contributed by atoms with van der Waals surface area (Å²) in [7, 11) is 0. The van der Waals surface area contributed by atoms with E-state index >= 15 is 0 Å². The predicted octanol–water partition coefficient (Wildman–Crippen LogP) is 4.10. The molecule has 2 aromatic carbocycles. The lowest BCUT2D eigenvalue weighted by molar-refractivity contribution is 0.330. The summed E-state index contributed by atoms with van der Waals surface area (Å²) in [5, 5.41) is 3.36. The molecule has 0 fully saturated rings. The maximum atomic E-state index is 5.81. The van der Waals surface area contributed by atoms with Crippen LogP contribution in [0.15, 0.2) is 42.5 Å². The molecule has 0 radical (unpaired) electrons. The summed E-state index contributed by atoms with van der Waals surface area (Å²) in [5.41, 5.74) is 4.82. The van der Waals surface area contributed by atoms with Gasteiger partial charge in [0.05, 0.1) is 0 Å². The van der Waals surface area contributed by atoms with Crippen LogP contribution in [-0.2, 0) is 0 Å². The van der Waals surface area contributed by atoms with E-state index in [4.69, 9.17) is 4.74 Å². The Balaban J connectivity index is 1.82. The van der Waals surface area contributed by atoms with Gasteiger partial charge in [-0.3, -0.25) is 0 Å². The second-order valence-electron chi connectivity index (χ2n) is 4.91. The molecule has 0 aliphatic rings. The SMILES string of the molecule is Cc1cccc(NCCOc2cc(C)ccc2C)c1. The molecule has 0 bridgehead atoms. The van der Waals surface area contributed by atoms with Gasteiger partial charge in [0.1, 0.15) is 12.4 Å². The Morgan fingerprint density at radius 1 is 0.947 bits per heavy atom. The van der Waals surface area contributed by atoms with Gasteiger partial charge in [0.15, 0.2) is 0 Å². The summed E-state index contributed by atoms with van der Waals surface area (Å²) in [6, 6.07) is 14.7. The monoisotopic (exact) mass is 255 g/mol. The molecule has 0 saturated heterocycles. The Hall–Kier alpha value is -1.96. The first-order valence-electron chi connectivity index (χ1n) is 6.66. The predicted molar refractivity (Wildman–Crippen MR) is 81.1 cm³/mol. The molecule has 2 heteroatoms. The highest BCUT2D eigenvalue weighted by Crippen LogP contribution is 2.18. The van der Waals surface area contributed by atoms with Crippen LogP contribution >= 0.6 is 0 Å². The smallest absolute Gasteiger partial charge is 0.122 e. The van der Waals surface area contributed by atoms with Crippen LogP contribution < -0.4 is 10.1 Å². The van der Waals surface area contributed by atoms with Crippen molar-refractivity contribution in [1.29, 1.82) is 0 Å². The minimum absolute atomic E-state index is 0.665. The zero-order valence-corrected chi connectivity index (χ0v) is 11.9. The van der Waals surface area contributed by atoms with Gasteiger partial charge in [-0.05, 0) is 55.7 Å². The lowest BCUT2D eigenvalue weighted by atomic mass is 10.1. The molecule has 19 heavy (non-hydrogen) atoms. The third-order valence-corrected chi connectivity index (χ3v) is 3.05. The van der Waals surface area contributed by atoms with E-state index in [0.29, 0.717) is 6.61 Å². The van der Waals surface area contributed by atoms with E-state index in [-0.39, 0.29) is 0 Å². The molecule has 1 N–H and O–H groups in total. The van der Waals surface area contributed by atoms with Crippen molar-refractivity contribution in [2.24, 2.45) is 0 Å². The Kier molecular flexibility index (Phi) is 4.45. The van der Waals surface area contributed by atoms with E-state index < -0.39 is 0 Å². The molecule has 0 amide bonds. The lowest BCUT2D eigenvalue weighted by Crippen LogP contribution is -2.12. The third-order valence-electron chi connectivity index (χ3n) is 3.05. The van der Waals surface area contributed by atoms with E-state index in [2.05, 4.69) is 68.6 Å². The van der Waals surface area contributed by atoms with Gasteiger partial charge in [0, 0.05) is 12.2 Å². The summed E-state index contributed by atoms with van der Waals surface area (Å²) >= 11 is 0. The highest BCUT2D eigenvalue weighted by atomic mass is 16.5. The van der Waals surface area contributed by atoms with Crippen LogP contribution in [0.25, 0.3) is 0 Å². The summed E-state index contributed by atoms with van der Waals surface area (Å²) < 4.78 is 5.81. The average molecular weight is 255 g/mol. The first-order valence-corrected chi connectivity index (χ1v) is 6.66. The number of benzene rings is 2. The first kappa shape index (κ1) is 13.5. The van der Waals surface area contributed by atoms with Crippen LogP contribution in [-0.4, -0.2) is 13.2 Å². The van der Waals surface area contributed by atoms with Crippen molar-refractivity contribution >= 4 is 5.69 Å². The molecule has 0 spiro atoms. The van der Waals surface area contributed by atoms with Gasteiger partial charge < -0.3 is 10.1 Å². The molecule has 0 unspecified atom stereocenters. The lowest BCUT2D eigenvalue weighted by Gasteiger charge is -2.11. The molecule has 2 rings (SSSR count). The third kappa shape index (κ3) is 4.02. The highest BCUT2D eigenvalue weighted by molar-refractivity contribution is 5.45. The maximum Gasteiger partial charge on any atom is 0.122 e. The van der Waals surface area contributed by atoms with Crippen molar-refractivity contribution in [2.75, 3.05) is 18.5 Å². The molecule has 0 aliphatic carbocycles.